The minimum absolute atomic E-state index is 0.139. The molecule has 1 saturated heterocycles. The molecule has 3 aliphatic carbocycles. The monoisotopic (exact) mass is 482 g/mol. The van der Waals surface area contributed by atoms with E-state index >= 15 is 0 Å². The SMILES string of the molecule is CCOc1ccc(C(C)=O)cc1N1C(=O)[C@@H]2[C@@H](C1=O)C1c3ccccc3C2([N+](=O)[O-])c2ccccc21. The quantitative estimate of drug-likeness (QED) is 0.235. The fourth-order valence-electron chi connectivity index (χ4n) is 6.47. The zero-order valence-electron chi connectivity index (χ0n) is 19.6. The maximum Gasteiger partial charge on any atom is 0.285 e. The molecule has 3 aromatic rings. The van der Waals surface area contributed by atoms with Gasteiger partial charge in [-0.25, -0.2) is 4.90 Å². The van der Waals surface area contributed by atoms with Crippen molar-refractivity contribution < 1.29 is 24.0 Å². The van der Waals surface area contributed by atoms with E-state index < -0.39 is 40.0 Å². The van der Waals surface area contributed by atoms with E-state index in [0.29, 0.717) is 27.8 Å². The van der Waals surface area contributed by atoms with Crippen LogP contribution in [0.3, 0.4) is 0 Å². The molecule has 8 heteroatoms. The number of ether oxygens (including phenoxy) is 1. The van der Waals surface area contributed by atoms with Gasteiger partial charge in [0.15, 0.2) is 5.78 Å². The van der Waals surface area contributed by atoms with Crippen molar-refractivity contribution in [2.45, 2.75) is 25.3 Å². The summed E-state index contributed by atoms with van der Waals surface area (Å²) in [6.07, 6.45) is 0. The Balaban J connectivity index is 1.63. The van der Waals surface area contributed by atoms with Gasteiger partial charge in [-0.2, -0.15) is 0 Å². The van der Waals surface area contributed by atoms with Crippen LogP contribution in [0.2, 0.25) is 0 Å². The zero-order chi connectivity index (χ0) is 25.4. The summed E-state index contributed by atoms with van der Waals surface area (Å²) in [5.41, 5.74) is 0.829. The topological polar surface area (TPSA) is 107 Å². The first kappa shape index (κ1) is 22.2. The molecule has 2 amide bonds. The van der Waals surface area contributed by atoms with Gasteiger partial charge < -0.3 is 4.74 Å². The Bertz CT molecular complexity index is 1450. The largest absolute Gasteiger partial charge is 0.492 e. The molecule has 1 fully saturated rings. The van der Waals surface area contributed by atoms with Gasteiger partial charge in [0.1, 0.15) is 11.7 Å². The van der Waals surface area contributed by atoms with Crippen LogP contribution in [-0.2, 0) is 15.1 Å². The Morgan fingerprint density at radius 3 is 2.17 bits per heavy atom. The predicted octanol–water partition coefficient (Wildman–Crippen LogP) is 4.07. The first-order valence-corrected chi connectivity index (χ1v) is 11.8. The Labute approximate surface area is 206 Å². The van der Waals surface area contributed by atoms with E-state index in [1.807, 2.05) is 12.1 Å². The third kappa shape index (κ3) is 2.56. The molecule has 0 saturated carbocycles. The fraction of sp³-hybridized carbons (Fsp3) is 0.250. The minimum atomic E-state index is -1.90. The molecule has 4 aliphatic rings. The van der Waals surface area contributed by atoms with Crippen LogP contribution < -0.4 is 9.64 Å². The molecular formula is C28H22N2O6. The van der Waals surface area contributed by atoms with Crippen molar-refractivity contribution in [1.29, 1.82) is 0 Å². The molecule has 7 rings (SSSR count). The molecule has 36 heavy (non-hydrogen) atoms. The molecule has 0 radical (unpaired) electrons. The Hall–Kier alpha value is -4.33. The van der Waals surface area contributed by atoms with Crippen molar-refractivity contribution in [3.63, 3.8) is 0 Å². The smallest absolute Gasteiger partial charge is 0.285 e. The maximum absolute atomic E-state index is 14.2. The number of hydrogen-bond acceptors (Lipinski definition) is 6. The van der Waals surface area contributed by atoms with Gasteiger partial charge in [-0.05, 0) is 43.2 Å². The summed E-state index contributed by atoms with van der Waals surface area (Å²) in [4.78, 5) is 54.1. The number of rotatable bonds is 5. The lowest BCUT2D eigenvalue weighted by Gasteiger charge is -2.48. The summed E-state index contributed by atoms with van der Waals surface area (Å²) >= 11 is 0. The van der Waals surface area contributed by atoms with Crippen LogP contribution in [-0.4, -0.2) is 29.1 Å². The minimum Gasteiger partial charge on any atom is -0.492 e. The molecule has 2 bridgehead atoms. The van der Waals surface area contributed by atoms with Crippen LogP contribution in [0.4, 0.5) is 5.69 Å². The second-order valence-corrected chi connectivity index (χ2v) is 9.36. The number of ketones is 1. The normalized spacial score (nSPS) is 25.3. The summed E-state index contributed by atoms with van der Waals surface area (Å²) < 4.78 is 5.71. The van der Waals surface area contributed by atoms with Crippen LogP contribution in [0.1, 0.15) is 52.4 Å². The van der Waals surface area contributed by atoms with E-state index in [1.54, 1.807) is 55.5 Å². The fourth-order valence-corrected chi connectivity index (χ4v) is 6.47. The summed E-state index contributed by atoms with van der Waals surface area (Å²) in [6, 6.07) is 18.7. The van der Waals surface area contributed by atoms with E-state index in [9.17, 15) is 24.5 Å². The highest BCUT2D eigenvalue weighted by Gasteiger charge is 2.75. The molecule has 3 aromatic carbocycles. The molecule has 0 aromatic heterocycles. The lowest BCUT2D eigenvalue weighted by atomic mass is 9.51. The van der Waals surface area contributed by atoms with E-state index in [2.05, 4.69) is 0 Å². The molecule has 8 nitrogen and oxygen atoms in total. The number of amides is 2. The van der Waals surface area contributed by atoms with Gasteiger partial charge in [0.05, 0.1) is 18.2 Å². The number of carbonyl (C=O) groups is 3. The number of nitro groups is 1. The average Bonchev–Trinajstić information content (AvgIpc) is 3.14. The number of imide groups is 1. The molecule has 0 N–H and O–H groups in total. The van der Waals surface area contributed by atoms with E-state index in [-0.39, 0.29) is 23.8 Å². The van der Waals surface area contributed by atoms with Crippen LogP contribution in [0.25, 0.3) is 0 Å². The molecule has 180 valence electrons. The van der Waals surface area contributed by atoms with E-state index in [4.69, 9.17) is 4.74 Å². The number of Topliss-reactive ketones (excluding diaryl/α,β-unsaturated/α-hetero) is 1. The van der Waals surface area contributed by atoms with Crippen molar-refractivity contribution in [2.75, 3.05) is 11.5 Å². The number of hydrogen-bond donors (Lipinski definition) is 0. The van der Waals surface area contributed by atoms with Gasteiger partial charge >= 0.3 is 0 Å². The highest BCUT2D eigenvalue weighted by Crippen LogP contribution is 2.64. The van der Waals surface area contributed by atoms with Crippen LogP contribution in [0.15, 0.2) is 66.7 Å². The Morgan fingerprint density at radius 1 is 1.00 bits per heavy atom. The van der Waals surface area contributed by atoms with Gasteiger partial charge in [0.25, 0.3) is 5.54 Å². The first-order valence-electron chi connectivity index (χ1n) is 11.8. The van der Waals surface area contributed by atoms with Crippen LogP contribution in [0.5, 0.6) is 5.75 Å². The number of nitrogens with zero attached hydrogens (tertiary/aromatic N) is 2. The Morgan fingerprint density at radius 2 is 1.61 bits per heavy atom. The van der Waals surface area contributed by atoms with Crippen molar-refractivity contribution in [3.8, 4) is 5.75 Å². The van der Waals surface area contributed by atoms with E-state index in [1.165, 1.54) is 13.0 Å². The van der Waals surface area contributed by atoms with Gasteiger partial charge in [-0.15, -0.1) is 0 Å². The van der Waals surface area contributed by atoms with Crippen molar-refractivity contribution >= 4 is 23.3 Å². The lowest BCUT2D eigenvalue weighted by molar-refractivity contribution is -0.578. The number of carbonyl (C=O) groups excluding carboxylic acids is 3. The lowest BCUT2D eigenvalue weighted by Crippen LogP contribution is -2.57. The first-order chi connectivity index (χ1) is 17.3. The highest BCUT2D eigenvalue weighted by molar-refractivity contribution is 6.24. The molecule has 2 atom stereocenters. The third-order valence-corrected chi connectivity index (χ3v) is 7.77. The van der Waals surface area contributed by atoms with Gasteiger partial charge in [0, 0.05) is 27.5 Å². The number of benzene rings is 3. The summed E-state index contributed by atoms with van der Waals surface area (Å²) in [5.74, 6) is -3.84. The number of anilines is 1. The van der Waals surface area contributed by atoms with Crippen LogP contribution in [0, 0.1) is 22.0 Å². The predicted molar refractivity (Wildman–Crippen MR) is 130 cm³/mol. The summed E-state index contributed by atoms with van der Waals surface area (Å²) in [6.45, 7) is 3.43. The second kappa shape index (κ2) is 7.58. The van der Waals surface area contributed by atoms with Crippen molar-refractivity contribution in [1.82, 2.24) is 0 Å². The molecule has 1 aliphatic heterocycles. The van der Waals surface area contributed by atoms with Crippen LogP contribution >= 0.6 is 0 Å². The van der Waals surface area contributed by atoms with Gasteiger partial charge in [-0.3, -0.25) is 24.5 Å². The molecule has 1 heterocycles. The highest BCUT2D eigenvalue weighted by atomic mass is 16.6. The van der Waals surface area contributed by atoms with Gasteiger partial charge in [0.2, 0.25) is 11.8 Å². The standard InChI is InChI=1S/C28H22N2O6/c1-3-36-22-13-12-16(15(2)31)14-21(22)29-26(32)24-23-17-8-4-6-10-19(17)28(30(34)35,25(24)27(29)33)20-11-7-5-9-18(20)23/h4-14,23-25H,3H2,1-2H3/t23?,24-,25-,28?/m0/s1. The zero-order valence-corrected chi connectivity index (χ0v) is 19.6. The second-order valence-electron chi connectivity index (χ2n) is 9.36. The molecular weight excluding hydrogens is 460 g/mol. The van der Waals surface area contributed by atoms with Crippen molar-refractivity contribution in [3.05, 3.63) is 105 Å². The maximum atomic E-state index is 14.2. The average molecular weight is 482 g/mol. The third-order valence-electron chi connectivity index (χ3n) is 7.77. The van der Waals surface area contributed by atoms with Gasteiger partial charge in [-0.1, -0.05) is 48.5 Å². The summed E-state index contributed by atoms with van der Waals surface area (Å²) in [5, 5.41) is 13.1. The van der Waals surface area contributed by atoms with Crippen molar-refractivity contribution in [2.24, 2.45) is 11.8 Å². The molecule has 0 spiro atoms. The summed E-state index contributed by atoms with van der Waals surface area (Å²) in [7, 11) is 0. The molecule has 0 unspecified atom stereocenters. The van der Waals surface area contributed by atoms with E-state index in [0.717, 1.165) is 4.90 Å². The Kier molecular flexibility index (Phi) is 4.67.